The third kappa shape index (κ3) is 5.42. The predicted molar refractivity (Wildman–Crippen MR) is 234 cm³/mol. The molecule has 0 spiro atoms. The topological polar surface area (TPSA) is 33.9 Å². The highest BCUT2D eigenvalue weighted by Crippen LogP contribution is 2.38. The van der Waals surface area contributed by atoms with Gasteiger partial charge in [-0.15, -0.1) is 0 Å². The molecule has 0 bridgehead atoms. The third-order valence-corrected chi connectivity index (χ3v) is 11.4. The van der Waals surface area contributed by atoms with E-state index in [9.17, 15) is 0 Å². The minimum atomic E-state index is -0.164. The number of benzene rings is 8. The number of nitrogens with one attached hydrogen (secondary N) is 2. The number of para-hydroxylation sites is 3. The van der Waals surface area contributed by atoms with Crippen molar-refractivity contribution in [2.45, 2.75) is 12.3 Å². The van der Waals surface area contributed by atoms with Gasteiger partial charge in [-0.05, 0) is 99.8 Å². The Morgan fingerprint density at radius 3 is 1.73 bits per heavy atom. The highest BCUT2D eigenvalue weighted by Gasteiger charge is 2.24. The van der Waals surface area contributed by atoms with Crippen LogP contribution in [-0.4, -0.2) is 9.13 Å². The first-order valence-electron chi connectivity index (χ1n) is 19.3. The molecule has 1 aliphatic heterocycles. The Labute approximate surface area is 325 Å². The fourth-order valence-corrected chi connectivity index (χ4v) is 8.74. The second-order valence-electron chi connectivity index (χ2n) is 14.7. The van der Waals surface area contributed by atoms with Crippen LogP contribution < -0.4 is 10.6 Å². The largest absolute Gasteiger partial charge is 0.359 e. The lowest BCUT2D eigenvalue weighted by Crippen LogP contribution is -2.40. The number of hydrogen-bond donors (Lipinski definition) is 2. The van der Waals surface area contributed by atoms with E-state index >= 15 is 0 Å². The van der Waals surface area contributed by atoms with Crippen molar-refractivity contribution < 1.29 is 0 Å². The van der Waals surface area contributed by atoms with E-state index < -0.39 is 0 Å². The lowest BCUT2D eigenvalue weighted by Gasteiger charge is -2.31. The van der Waals surface area contributed by atoms with E-state index in [4.69, 9.17) is 0 Å². The van der Waals surface area contributed by atoms with Crippen LogP contribution in [0.3, 0.4) is 0 Å². The van der Waals surface area contributed by atoms with Crippen molar-refractivity contribution in [3.05, 3.63) is 212 Å². The van der Waals surface area contributed by atoms with E-state index in [1.807, 2.05) is 0 Å². The predicted octanol–water partition coefficient (Wildman–Crippen LogP) is 12.8. The minimum Gasteiger partial charge on any atom is -0.359 e. The molecule has 2 N–H and O–H groups in total. The van der Waals surface area contributed by atoms with Crippen molar-refractivity contribution in [3.63, 3.8) is 0 Å². The van der Waals surface area contributed by atoms with Gasteiger partial charge in [0.25, 0.3) is 0 Å². The maximum absolute atomic E-state index is 3.95. The minimum absolute atomic E-state index is 0.0218. The highest BCUT2D eigenvalue weighted by atomic mass is 15.3. The van der Waals surface area contributed by atoms with Crippen LogP contribution in [0.25, 0.3) is 82.7 Å². The molecule has 11 rings (SSSR count). The van der Waals surface area contributed by atoms with Crippen LogP contribution >= 0.6 is 0 Å². The quantitative estimate of drug-likeness (QED) is 0.179. The molecule has 2 aromatic heterocycles. The number of nitrogens with zero attached hydrogens (tertiary/aromatic N) is 2. The van der Waals surface area contributed by atoms with Gasteiger partial charge in [-0.1, -0.05) is 146 Å². The summed E-state index contributed by atoms with van der Waals surface area (Å²) in [5.41, 5.74) is 14.4. The summed E-state index contributed by atoms with van der Waals surface area (Å²) in [6.07, 6.45) is 4.16. The second-order valence-corrected chi connectivity index (χ2v) is 14.7. The van der Waals surface area contributed by atoms with Crippen molar-refractivity contribution in [1.82, 2.24) is 19.8 Å². The smallest absolute Gasteiger partial charge is 0.160 e. The molecule has 4 nitrogen and oxygen atoms in total. The monoisotopic (exact) mass is 718 g/mol. The molecule has 2 atom stereocenters. The summed E-state index contributed by atoms with van der Waals surface area (Å²) in [4.78, 5) is 0. The molecule has 1 aliphatic rings. The van der Waals surface area contributed by atoms with Crippen LogP contribution in [0.1, 0.15) is 17.9 Å². The summed E-state index contributed by atoms with van der Waals surface area (Å²) >= 11 is 0. The molecule has 266 valence electrons. The summed E-state index contributed by atoms with van der Waals surface area (Å²) in [6.45, 7) is 0. The molecule has 56 heavy (non-hydrogen) atoms. The van der Waals surface area contributed by atoms with Gasteiger partial charge >= 0.3 is 0 Å². The van der Waals surface area contributed by atoms with E-state index in [2.05, 4.69) is 226 Å². The van der Waals surface area contributed by atoms with Gasteiger partial charge in [0.1, 0.15) is 0 Å². The summed E-state index contributed by atoms with van der Waals surface area (Å²) in [6, 6.07) is 70.3. The van der Waals surface area contributed by atoms with Crippen molar-refractivity contribution in [2.24, 2.45) is 0 Å². The van der Waals surface area contributed by atoms with Gasteiger partial charge in [-0.2, -0.15) is 0 Å². The fraction of sp³-hybridized carbons (Fsp3) is 0.0385. The first-order chi connectivity index (χ1) is 27.8. The van der Waals surface area contributed by atoms with Gasteiger partial charge in [0.2, 0.25) is 0 Å². The molecule has 0 radical (unpaired) electrons. The molecule has 0 fully saturated rings. The second kappa shape index (κ2) is 13.3. The summed E-state index contributed by atoms with van der Waals surface area (Å²) in [5.74, 6) is 0. The Morgan fingerprint density at radius 2 is 0.929 bits per heavy atom. The van der Waals surface area contributed by atoms with Crippen molar-refractivity contribution in [1.29, 1.82) is 0 Å². The SMILES string of the molecule is C1=CC(c2cccc(-c3ccc(-c4ccccc4)cc3)c2)NC(n2c3ccccc3c3ccc(-c4ccc5c(c4)c4ccccc4n5-c4ccccc4)cc32)N1. The molecule has 0 saturated heterocycles. The van der Waals surface area contributed by atoms with E-state index in [1.165, 1.54) is 88.2 Å². The fourth-order valence-electron chi connectivity index (χ4n) is 8.74. The van der Waals surface area contributed by atoms with Crippen LogP contribution in [0.4, 0.5) is 0 Å². The first kappa shape index (κ1) is 32.3. The molecular weight excluding hydrogens is 681 g/mol. The zero-order valence-corrected chi connectivity index (χ0v) is 30.7. The highest BCUT2D eigenvalue weighted by molar-refractivity contribution is 6.12. The third-order valence-electron chi connectivity index (χ3n) is 11.4. The molecule has 0 amide bonds. The Bertz CT molecular complexity index is 3080. The number of rotatable bonds is 6. The van der Waals surface area contributed by atoms with E-state index in [1.54, 1.807) is 0 Å². The van der Waals surface area contributed by atoms with Crippen LogP contribution in [-0.2, 0) is 0 Å². The normalized spacial score (nSPS) is 15.5. The number of fused-ring (bicyclic) bond motifs is 6. The molecule has 2 unspecified atom stereocenters. The number of hydrogen-bond acceptors (Lipinski definition) is 2. The van der Waals surface area contributed by atoms with Crippen LogP contribution in [0, 0.1) is 0 Å². The lowest BCUT2D eigenvalue weighted by molar-refractivity contribution is 0.342. The molecular formula is C52H38N4. The average Bonchev–Trinajstić information content (AvgIpc) is 3.79. The Morgan fingerprint density at radius 1 is 0.375 bits per heavy atom. The molecule has 0 aliphatic carbocycles. The van der Waals surface area contributed by atoms with Gasteiger partial charge in [0, 0.05) is 27.2 Å². The van der Waals surface area contributed by atoms with Crippen LogP contribution in [0.15, 0.2) is 206 Å². The molecule has 10 aromatic rings. The van der Waals surface area contributed by atoms with Crippen LogP contribution in [0.5, 0.6) is 0 Å². The maximum atomic E-state index is 3.95. The summed E-state index contributed by atoms with van der Waals surface area (Å²) in [5, 5.41) is 12.6. The van der Waals surface area contributed by atoms with E-state index in [0.29, 0.717) is 0 Å². The first-order valence-corrected chi connectivity index (χ1v) is 19.3. The Balaban J connectivity index is 0.961. The van der Waals surface area contributed by atoms with Crippen molar-refractivity contribution in [3.8, 4) is 39.1 Å². The molecule has 4 heteroatoms. The van der Waals surface area contributed by atoms with Crippen LogP contribution in [0.2, 0.25) is 0 Å². The standard InChI is InChI=1S/C52H38N4/c1-3-12-35(13-4-1)36-22-24-37(25-23-36)38-14-11-15-41(32-38)47-30-31-53-52(54-47)56-49-21-10-7-18-43(49)45-28-26-40(34-51(45)56)39-27-29-50-46(33-39)44-19-8-9-20-48(44)55(50)42-16-5-2-6-17-42/h1-34,47,52-54H. The van der Waals surface area contributed by atoms with E-state index in [0.717, 1.165) is 0 Å². The zero-order chi connectivity index (χ0) is 37.0. The number of aromatic nitrogens is 2. The molecule has 8 aromatic carbocycles. The van der Waals surface area contributed by atoms with Crippen molar-refractivity contribution >= 4 is 43.6 Å². The maximum Gasteiger partial charge on any atom is 0.160 e. The van der Waals surface area contributed by atoms with E-state index in [-0.39, 0.29) is 12.3 Å². The Kier molecular flexibility index (Phi) is 7.68. The van der Waals surface area contributed by atoms with Gasteiger partial charge < -0.3 is 14.5 Å². The van der Waals surface area contributed by atoms with Gasteiger partial charge in [0.05, 0.1) is 28.1 Å². The Hall–Kier alpha value is -7.14. The summed E-state index contributed by atoms with van der Waals surface area (Å²) < 4.78 is 4.80. The average molecular weight is 719 g/mol. The summed E-state index contributed by atoms with van der Waals surface area (Å²) in [7, 11) is 0. The van der Waals surface area contributed by atoms with Gasteiger partial charge in [-0.25, -0.2) is 0 Å². The molecule has 3 heterocycles. The van der Waals surface area contributed by atoms with Crippen molar-refractivity contribution in [2.75, 3.05) is 0 Å². The lowest BCUT2D eigenvalue weighted by atomic mass is 9.97. The van der Waals surface area contributed by atoms with Gasteiger partial charge in [-0.3, -0.25) is 5.32 Å². The zero-order valence-electron chi connectivity index (χ0n) is 30.7. The molecule has 0 saturated carbocycles. The van der Waals surface area contributed by atoms with Gasteiger partial charge in [0.15, 0.2) is 6.29 Å².